The summed E-state index contributed by atoms with van der Waals surface area (Å²) in [6.45, 7) is 2.47. The maximum Gasteiger partial charge on any atom is 0.226 e. The highest BCUT2D eigenvalue weighted by Gasteiger charge is 2.05. The van der Waals surface area contributed by atoms with E-state index in [1.165, 1.54) is 0 Å². The van der Waals surface area contributed by atoms with E-state index in [4.69, 9.17) is 5.73 Å². The zero-order valence-corrected chi connectivity index (χ0v) is 10.8. The van der Waals surface area contributed by atoms with Gasteiger partial charge < -0.3 is 11.1 Å². The molecule has 2 aromatic heterocycles. The zero-order valence-electron chi connectivity index (χ0n) is 10.8. The molecule has 0 atom stereocenters. The van der Waals surface area contributed by atoms with Crippen LogP contribution < -0.4 is 11.1 Å². The summed E-state index contributed by atoms with van der Waals surface area (Å²) in [6, 6.07) is 5.40. The van der Waals surface area contributed by atoms with Crippen molar-refractivity contribution in [1.29, 1.82) is 0 Å². The monoisotopic (exact) mass is 256 g/mol. The number of carbonyl (C=O) groups is 1. The molecule has 1 amide bonds. The second-order valence-electron chi connectivity index (χ2n) is 4.34. The summed E-state index contributed by atoms with van der Waals surface area (Å²) in [4.78, 5) is 19.9. The van der Waals surface area contributed by atoms with Crippen LogP contribution >= 0.6 is 0 Å². The predicted octanol–water partition coefficient (Wildman–Crippen LogP) is 1.23. The maximum absolute atomic E-state index is 11.8. The topological polar surface area (TPSA) is 80.9 Å². The van der Waals surface area contributed by atoms with Gasteiger partial charge in [-0.25, -0.2) is 0 Å². The average Bonchev–Trinajstić information content (AvgIpc) is 2.40. The number of anilines is 1. The molecule has 2 rings (SSSR count). The van der Waals surface area contributed by atoms with Crippen LogP contribution in [0.5, 0.6) is 0 Å². The molecular formula is C14H16N4O. The van der Waals surface area contributed by atoms with E-state index in [1.54, 1.807) is 30.7 Å². The maximum atomic E-state index is 11.8. The second kappa shape index (κ2) is 5.95. The van der Waals surface area contributed by atoms with Crippen LogP contribution in [0.1, 0.15) is 16.8 Å². The fourth-order valence-electron chi connectivity index (χ4n) is 1.66. The number of amides is 1. The fourth-order valence-corrected chi connectivity index (χ4v) is 1.66. The quantitative estimate of drug-likeness (QED) is 0.862. The summed E-state index contributed by atoms with van der Waals surface area (Å²) < 4.78 is 0. The number of hydrogen-bond acceptors (Lipinski definition) is 4. The number of aromatic nitrogens is 2. The van der Waals surface area contributed by atoms with Crippen molar-refractivity contribution >= 4 is 11.6 Å². The Bertz CT molecular complexity index is 566. The van der Waals surface area contributed by atoms with E-state index in [2.05, 4.69) is 15.3 Å². The Morgan fingerprint density at radius 3 is 2.84 bits per heavy atom. The summed E-state index contributed by atoms with van der Waals surface area (Å²) in [7, 11) is 0. The average molecular weight is 256 g/mol. The number of nitrogens with one attached hydrogen (secondary N) is 1. The van der Waals surface area contributed by atoms with Crippen LogP contribution in [-0.2, 0) is 17.8 Å². The van der Waals surface area contributed by atoms with Gasteiger partial charge in [0.15, 0.2) is 0 Å². The lowest BCUT2D eigenvalue weighted by Gasteiger charge is -2.07. The van der Waals surface area contributed by atoms with E-state index in [-0.39, 0.29) is 12.3 Å². The van der Waals surface area contributed by atoms with Crippen molar-refractivity contribution in [2.24, 2.45) is 0 Å². The van der Waals surface area contributed by atoms with E-state index in [0.29, 0.717) is 17.9 Å². The van der Waals surface area contributed by atoms with Crippen LogP contribution in [0.4, 0.5) is 5.69 Å². The smallest absolute Gasteiger partial charge is 0.226 e. The summed E-state index contributed by atoms with van der Waals surface area (Å²) in [6.07, 6.45) is 5.30. The predicted molar refractivity (Wildman–Crippen MR) is 73.2 cm³/mol. The molecule has 0 bridgehead atoms. The van der Waals surface area contributed by atoms with Gasteiger partial charge in [-0.3, -0.25) is 14.8 Å². The summed E-state index contributed by atoms with van der Waals surface area (Å²) in [5, 5.41) is 2.86. The van der Waals surface area contributed by atoms with Gasteiger partial charge in [0, 0.05) is 24.6 Å². The van der Waals surface area contributed by atoms with Gasteiger partial charge in [0.05, 0.1) is 18.3 Å². The lowest BCUT2D eigenvalue weighted by atomic mass is 10.1. The third-order valence-electron chi connectivity index (χ3n) is 2.80. The first-order valence-electron chi connectivity index (χ1n) is 6.02. The SMILES string of the molecule is Cc1cnccc1CNC(=O)Cc1ccc(N)cn1. The number of hydrogen-bond donors (Lipinski definition) is 2. The highest BCUT2D eigenvalue weighted by Crippen LogP contribution is 2.05. The molecule has 0 aliphatic carbocycles. The molecule has 2 heterocycles. The number of nitrogen functional groups attached to an aromatic ring is 1. The van der Waals surface area contributed by atoms with E-state index < -0.39 is 0 Å². The number of nitrogens with two attached hydrogens (primary N) is 1. The Labute approximate surface area is 111 Å². The lowest BCUT2D eigenvalue weighted by molar-refractivity contribution is -0.120. The Hall–Kier alpha value is -2.43. The van der Waals surface area contributed by atoms with Gasteiger partial charge in [-0.1, -0.05) is 0 Å². The van der Waals surface area contributed by atoms with Crippen molar-refractivity contribution < 1.29 is 4.79 Å². The number of rotatable bonds is 4. The first kappa shape index (κ1) is 13.0. The Balaban J connectivity index is 1.88. The summed E-state index contributed by atoms with van der Waals surface area (Å²) >= 11 is 0. The molecule has 0 unspecified atom stereocenters. The fraction of sp³-hybridized carbons (Fsp3) is 0.214. The molecule has 98 valence electrons. The number of pyridine rings is 2. The van der Waals surface area contributed by atoms with Gasteiger partial charge in [-0.15, -0.1) is 0 Å². The van der Waals surface area contributed by atoms with Gasteiger partial charge in [0.2, 0.25) is 5.91 Å². The minimum absolute atomic E-state index is 0.0616. The van der Waals surface area contributed by atoms with E-state index in [0.717, 1.165) is 11.1 Å². The minimum atomic E-state index is -0.0616. The van der Waals surface area contributed by atoms with Crippen molar-refractivity contribution in [3.05, 3.63) is 53.6 Å². The Morgan fingerprint density at radius 2 is 2.16 bits per heavy atom. The molecule has 0 saturated heterocycles. The second-order valence-corrected chi connectivity index (χ2v) is 4.34. The van der Waals surface area contributed by atoms with E-state index in [9.17, 15) is 4.79 Å². The molecule has 0 aromatic carbocycles. The molecule has 0 aliphatic rings. The van der Waals surface area contributed by atoms with Crippen molar-refractivity contribution in [3.8, 4) is 0 Å². The van der Waals surface area contributed by atoms with Gasteiger partial charge in [-0.05, 0) is 36.2 Å². The molecule has 2 aromatic rings. The molecule has 5 heteroatoms. The van der Waals surface area contributed by atoms with Gasteiger partial charge >= 0.3 is 0 Å². The van der Waals surface area contributed by atoms with Crippen LogP contribution in [0.25, 0.3) is 0 Å². The molecule has 0 spiro atoms. The molecule has 0 aliphatic heterocycles. The van der Waals surface area contributed by atoms with E-state index >= 15 is 0 Å². The Kier molecular flexibility index (Phi) is 4.07. The first-order valence-corrected chi connectivity index (χ1v) is 6.02. The molecule has 0 fully saturated rings. The number of aryl methyl sites for hydroxylation is 1. The largest absolute Gasteiger partial charge is 0.397 e. The Morgan fingerprint density at radius 1 is 1.32 bits per heavy atom. The van der Waals surface area contributed by atoms with Crippen LogP contribution in [0.3, 0.4) is 0 Å². The highest BCUT2D eigenvalue weighted by molar-refractivity contribution is 5.78. The third-order valence-corrected chi connectivity index (χ3v) is 2.80. The molecule has 0 radical (unpaired) electrons. The van der Waals surface area contributed by atoms with Crippen molar-refractivity contribution in [2.45, 2.75) is 19.9 Å². The normalized spacial score (nSPS) is 10.2. The molecule has 5 nitrogen and oxygen atoms in total. The lowest BCUT2D eigenvalue weighted by Crippen LogP contribution is -2.25. The van der Waals surface area contributed by atoms with Crippen molar-refractivity contribution in [3.63, 3.8) is 0 Å². The molecule has 19 heavy (non-hydrogen) atoms. The molecule has 0 saturated carbocycles. The van der Waals surface area contributed by atoms with Crippen molar-refractivity contribution in [1.82, 2.24) is 15.3 Å². The standard InChI is InChI=1S/C14H16N4O/c1-10-7-16-5-4-11(10)8-18-14(19)6-13-3-2-12(15)9-17-13/h2-5,7,9H,6,8,15H2,1H3,(H,18,19). The van der Waals surface area contributed by atoms with E-state index in [1.807, 2.05) is 13.0 Å². The summed E-state index contributed by atoms with van der Waals surface area (Å²) in [5.41, 5.74) is 8.97. The van der Waals surface area contributed by atoms with Crippen LogP contribution in [0.2, 0.25) is 0 Å². The van der Waals surface area contributed by atoms with Gasteiger partial charge in [-0.2, -0.15) is 0 Å². The van der Waals surface area contributed by atoms with Crippen LogP contribution in [-0.4, -0.2) is 15.9 Å². The first-order chi connectivity index (χ1) is 9.15. The van der Waals surface area contributed by atoms with Crippen LogP contribution in [0, 0.1) is 6.92 Å². The highest BCUT2D eigenvalue weighted by atomic mass is 16.1. The number of carbonyl (C=O) groups excluding carboxylic acids is 1. The number of nitrogens with zero attached hydrogens (tertiary/aromatic N) is 2. The third kappa shape index (κ3) is 3.77. The van der Waals surface area contributed by atoms with Crippen LogP contribution in [0.15, 0.2) is 36.8 Å². The molecular weight excluding hydrogens is 240 g/mol. The zero-order chi connectivity index (χ0) is 13.7. The minimum Gasteiger partial charge on any atom is -0.397 e. The summed E-state index contributed by atoms with van der Waals surface area (Å²) in [5.74, 6) is -0.0616. The molecule has 3 N–H and O–H groups in total. The van der Waals surface area contributed by atoms with Crippen molar-refractivity contribution in [2.75, 3.05) is 5.73 Å². The van der Waals surface area contributed by atoms with Gasteiger partial charge in [0.1, 0.15) is 0 Å². The van der Waals surface area contributed by atoms with Gasteiger partial charge in [0.25, 0.3) is 0 Å².